The van der Waals surface area contributed by atoms with Crippen molar-refractivity contribution in [1.29, 1.82) is 0 Å². The zero-order valence-corrected chi connectivity index (χ0v) is 13.9. The molecule has 2 rings (SSSR count). The quantitative estimate of drug-likeness (QED) is 0.887. The van der Waals surface area contributed by atoms with Crippen molar-refractivity contribution in [2.45, 2.75) is 39.8 Å². The van der Waals surface area contributed by atoms with Gasteiger partial charge < -0.3 is 5.32 Å². The third-order valence-corrected chi connectivity index (χ3v) is 3.72. The fourth-order valence-corrected chi connectivity index (χ4v) is 2.42. The molecule has 0 aliphatic heterocycles. The number of anilines is 1. The molecule has 0 aliphatic rings. The molecular formula is C18H22FN3O. The second-order valence-electron chi connectivity index (χ2n) is 5.80. The molecule has 2 aromatic rings. The van der Waals surface area contributed by atoms with Crippen LogP contribution in [0.1, 0.15) is 36.7 Å². The SMILES string of the molecule is Cc1cc(F)cc(C(C)N[C@@H](C)C(=O)Nc2cccnc2C)c1. The Kier molecular flexibility index (Phi) is 5.45. The Morgan fingerprint density at radius 2 is 1.96 bits per heavy atom. The number of carbonyl (C=O) groups is 1. The Morgan fingerprint density at radius 1 is 1.22 bits per heavy atom. The molecule has 1 heterocycles. The third kappa shape index (κ3) is 4.60. The van der Waals surface area contributed by atoms with Gasteiger partial charge in [-0.15, -0.1) is 0 Å². The average Bonchev–Trinajstić information content (AvgIpc) is 2.48. The molecule has 1 unspecified atom stereocenters. The molecule has 1 aromatic heterocycles. The number of aryl methyl sites for hydroxylation is 2. The van der Waals surface area contributed by atoms with Crippen LogP contribution in [0.2, 0.25) is 0 Å². The van der Waals surface area contributed by atoms with Crippen LogP contribution in [0.15, 0.2) is 36.5 Å². The van der Waals surface area contributed by atoms with E-state index in [4.69, 9.17) is 0 Å². The van der Waals surface area contributed by atoms with Gasteiger partial charge >= 0.3 is 0 Å². The molecule has 2 atom stereocenters. The first kappa shape index (κ1) is 17.1. The van der Waals surface area contributed by atoms with E-state index in [0.717, 1.165) is 16.8 Å². The number of carbonyl (C=O) groups excluding carboxylic acids is 1. The molecule has 0 fully saturated rings. The van der Waals surface area contributed by atoms with E-state index in [-0.39, 0.29) is 17.8 Å². The predicted molar refractivity (Wildman–Crippen MR) is 89.8 cm³/mol. The van der Waals surface area contributed by atoms with Gasteiger partial charge in [0.15, 0.2) is 0 Å². The van der Waals surface area contributed by atoms with Gasteiger partial charge in [-0.2, -0.15) is 0 Å². The fraction of sp³-hybridized carbons (Fsp3) is 0.333. The van der Waals surface area contributed by atoms with Gasteiger partial charge in [-0.1, -0.05) is 6.07 Å². The first-order valence-corrected chi connectivity index (χ1v) is 7.62. The van der Waals surface area contributed by atoms with E-state index in [0.29, 0.717) is 5.69 Å². The van der Waals surface area contributed by atoms with Gasteiger partial charge in [0.25, 0.3) is 0 Å². The molecule has 1 amide bonds. The summed E-state index contributed by atoms with van der Waals surface area (Å²) in [5.74, 6) is -0.419. The number of benzene rings is 1. The maximum absolute atomic E-state index is 13.5. The van der Waals surface area contributed by atoms with Crippen molar-refractivity contribution in [2.75, 3.05) is 5.32 Å². The molecule has 23 heavy (non-hydrogen) atoms. The van der Waals surface area contributed by atoms with Crippen molar-refractivity contribution in [1.82, 2.24) is 10.3 Å². The molecular weight excluding hydrogens is 293 g/mol. The van der Waals surface area contributed by atoms with Crippen LogP contribution in [0.4, 0.5) is 10.1 Å². The lowest BCUT2D eigenvalue weighted by Gasteiger charge is -2.20. The number of aromatic nitrogens is 1. The highest BCUT2D eigenvalue weighted by Crippen LogP contribution is 2.17. The summed E-state index contributed by atoms with van der Waals surface area (Å²) >= 11 is 0. The molecule has 4 nitrogen and oxygen atoms in total. The van der Waals surface area contributed by atoms with Crippen molar-refractivity contribution in [2.24, 2.45) is 0 Å². The maximum Gasteiger partial charge on any atom is 0.241 e. The number of amides is 1. The molecule has 2 N–H and O–H groups in total. The molecule has 122 valence electrons. The highest BCUT2D eigenvalue weighted by atomic mass is 19.1. The van der Waals surface area contributed by atoms with Crippen LogP contribution in [0.3, 0.4) is 0 Å². The lowest BCUT2D eigenvalue weighted by molar-refractivity contribution is -0.117. The Morgan fingerprint density at radius 3 is 2.61 bits per heavy atom. The largest absolute Gasteiger partial charge is 0.323 e. The van der Waals surface area contributed by atoms with Crippen LogP contribution in [0.25, 0.3) is 0 Å². The molecule has 0 saturated carbocycles. The zero-order valence-electron chi connectivity index (χ0n) is 13.9. The first-order chi connectivity index (χ1) is 10.9. The predicted octanol–water partition coefficient (Wildman–Crippen LogP) is 3.52. The fourth-order valence-electron chi connectivity index (χ4n) is 2.42. The van der Waals surface area contributed by atoms with E-state index in [1.165, 1.54) is 12.1 Å². The minimum atomic E-state index is -0.423. The second-order valence-corrected chi connectivity index (χ2v) is 5.80. The summed E-state index contributed by atoms with van der Waals surface area (Å²) < 4.78 is 13.5. The third-order valence-electron chi connectivity index (χ3n) is 3.72. The van der Waals surface area contributed by atoms with Crippen LogP contribution in [-0.4, -0.2) is 16.9 Å². The lowest BCUT2D eigenvalue weighted by atomic mass is 10.0. The van der Waals surface area contributed by atoms with Crippen LogP contribution in [0.5, 0.6) is 0 Å². The van der Waals surface area contributed by atoms with Gasteiger partial charge in [0.05, 0.1) is 17.4 Å². The smallest absolute Gasteiger partial charge is 0.241 e. The summed E-state index contributed by atoms with van der Waals surface area (Å²) in [5.41, 5.74) is 3.14. The van der Waals surface area contributed by atoms with Gasteiger partial charge in [0.1, 0.15) is 5.82 Å². The molecule has 0 aliphatic carbocycles. The average molecular weight is 315 g/mol. The monoisotopic (exact) mass is 315 g/mol. The summed E-state index contributed by atoms with van der Waals surface area (Å²) in [6.07, 6.45) is 1.68. The summed E-state index contributed by atoms with van der Waals surface area (Å²) in [6, 6.07) is 7.91. The van der Waals surface area contributed by atoms with Gasteiger partial charge in [0.2, 0.25) is 5.91 Å². The van der Waals surface area contributed by atoms with Crippen molar-refractivity contribution < 1.29 is 9.18 Å². The Balaban J connectivity index is 2.01. The summed E-state index contributed by atoms with van der Waals surface area (Å²) in [7, 11) is 0. The zero-order chi connectivity index (χ0) is 17.0. The summed E-state index contributed by atoms with van der Waals surface area (Å²) in [6.45, 7) is 7.38. The van der Waals surface area contributed by atoms with Crippen LogP contribution < -0.4 is 10.6 Å². The first-order valence-electron chi connectivity index (χ1n) is 7.62. The van der Waals surface area contributed by atoms with Gasteiger partial charge in [-0.25, -0.2) is 4.39 Å². The molecule has 5 heteroatoms. The van der Waals surface area contributed by atoms with Crippen LogP contribution in [-0.2, 0) is 4.79 Å². The van der Waals surface area contributed by atoms with Crippen LogP contribution >= 0.6 is 0 Å². The van der Waals surface area contributed by atoms with E-state index >= 15 is 0 Å². The standard InChI is InChI=1S/C18H22FN3O/c1-11-8-15(10-16(19)9-11)12(2)21-14(4)18(23)22-17-6-5-7-20-13(17)3/h5-10,12,14,21H,1-4H3,(H,22,23)/t12?,14-/m0/s1. The minimum absolute atomic E-state index is 0.139. The molecule has 0 radical (unpaired) electrons. The molecule has 0 spiro atoms. The number of pyridine rings is 1. The number of hydrogen-bond acceptors (Lipinski definition) is 3. The van der Waals surface area contributed by atoms with Gasteiger partial charge in [-0.05, 0) is 63.1 Å². The summed E-state index contributed by atoms with van der Waals surface area (Å²) in [4.78, 5) is 16.4. The van der Waals surface area contributed by atoms with E-state index in [9.17, 15) is 9.18 Å². The maximum atomic E-state index is 13.5. The normalized spacial score (nSPS) is 13.4. The Labute approximate surface area is 136 Å². The van der Waals surface area contributed by atoms with Gasteiger partial charge in [-0.3, -0.25) is 15.1 Å². The molecule has 0 saturated heterocycles. The van der Waals surface area contributed by atoms with Gasteiger partial charge in [0, 0.05) is 12.2 Å². The Bertz CT molecular complexity index is 682. The lowest BCUT2D eigenvalue weighted by Crippen LogP contribution is -2.39. The number of rotatable bonds is 5. The van der Waals surface area contributed by atoms with E-state index in [1.807, 2.05) is 32.9 Å². The number of hydrogen-bond donors (Lipinski definition) is 2. The van der Waals surface area contributed by atoms with E-state index in [1.54, 1.807) is 19.2 Å². The van der Waals surface area contributed by atoms with Crippen molar-refractivity contribution in [3.8, 4) is 0 Å². The number of halogens is 1. The van der Waals surface area contributed by atoms with E-state index < -0.39 is 6.04 Å². The van der Waals surface area contributed by atoms with E-state index in [2.05, 4.69) is 15.6 Å². The molecule has 1 aromatic carbocycles. The highest BCUT2D eigenvalue weighted by Gasteiger charge is 2.17. The minimum Gasteiger partial charge on any atom is -0.323 e. The van der Waals surface area contributed by atoms with Crippen molar-refractivity contribution >= 4 is 11.6 Å². The summed E-state index contributed by atoms with van der Waals surface area (Å²) in [5, 5.41) is 6.04. The topological polar surface area (TPSA) is 54.0 Å². The number of nitrogens with one attached hydrogen (secondary N) is 2. The van der Waals surface area contributed by atoms with Crippen LogP contribution in [0, 0.1) is 19.7 Å². The van der Waals surface area contributed by atoms with Crippen molar-refractivity contribution in [3.63, 3.8) is 0 Å². The molecule has 0 bridgehead atoms. The number of nitrogens with zero attached hydrogens (tertiary/aromatic N) is 1. The highest BCUT2D eigenvalue weighted by molar-refractivity contribution is 5.94. The van der Waals surface area contributed by atoms with Crippen molar-refractivity contribution in [3.05, 3.63) is 59.2 Å². The second kappa shape index (κ2) is 7.33. The Hall–Kier alpha value is -2.27.